The summed E-state index contributed by atoms with van der Waals surface area (Å²) in [6.45, 7) is 9.81. The van der Waals surface area contributed by atoms with Crippen molar-refractivity contribution in [2.24, 2.45) is 5.92 Å². The monoisotopic (exact) mass is 357 g/mol. The van der Waals surface area contributed by atoms with Crippen molar-refractivity contribution in [3.63, 3.8) is 0 Å². The summed E-state index contributed by atoms with van der Waals surface area (Å²) in [5, 5.41) is 3.01. The minimum Gasteiger partial charge on any atom is -0.378 e. The zero-order chi connectivity index (χ0) is 18.4. The Bertz CT molecular complexity index is 638. The van der Waals surface area contributed by atoms with E-state index >= 15 is 0 Å². The van der Waals surface area contributed by atoms with Crippen molar-refractivity contribution in [1.82, 2.24) is 15.1 Å². The van der Waals surface area contributed by atoms with E-state index in [0.29, 0.717) is 49.9 Å². The van der Waals surface area contributed by atoms with Crippen LogP contribution in [0.15, 0.2) is 36.9 Å². The number of morpholine rings is 1. The van der Waals surface area contributed by atoms with Crippen LogP contribution in [0.4, 0.5) is 0 Å². The molecule has 0 unspecified atom stereocenters. The molecule has 0 aliphatic carbocycles. The smallest absolute Gasteiger partial charge is 0.254 e. The zero-order valence-corrected chi connectivity index (χ0v) is 15.2. The SMILES string of the molecule is C=CCN1CC[C@H](CNC(=O)c2ccc(C(=O)N3CCOCC3)cc2)C1. The summed E-state index contributed by atoms with van der Waals surface area (Å²) in [6, 6.07) is 6.91. The van der Waals surface area contributed by atoms with E-state index in [1.54, 1.807) is 29.2 Å². The van der Waals surface area contributed by atoms with Crippen LogP contribution in [0.2, 0.25) is 0 Å². The molecule has 3 rings (SSSR count). The molecule has 1 N–H and O–H groups in total. The van der Waals surface area contributed by atoms with Crippen LogP contribution < -0.4 is 5.32 Å². The van der Waals surface area contributed by atoms with Crippen molar-refractivity contribution in [2.75, 3.05) is 52.5 Å². The maximum atomic E-state index is 12.4. The summed E-state index contributed by atoms with van der Waals surface area (Å²) < 4.78 is 5.27. The number of rotatable bonds is 6. The van der Waals surface area contributed by atoms with Gasteiger partial charge in [0.15, 0.2) is 0 Å². The lowest BCUT2D eigenvalue weighted by Gasteiger charge is -2.26. The predicted molar refractivity (Wildman–Crippen MR) is 100 cm³/mol. The highest BCUT2D eigenvalue weighted by molar-refractivity contribution is 5.97. The van der Waals surface area contributed by atoms with Crippen molar-refractivity contribution in [3.8, 4) is 0 Å². The molecule has 0 saturated carbocycles. The maximum absolute atomic E-state index is 12.4. The second kappa shape index (κ2) is 8.96. The van der Waals surface area contributed by atoms with Gasteiger partial charge in [0.2, 0.25) is 0 Å². The second-order valence-electron chi connectivity index (χ2n) is 6.89. The third-order valence-corrected chi connectivity index (χ3v) is 5.00. The first-order chi connectivity index (χ1) is 12.7. The summed E-state index contributed by atoms with van der Waals surface area (Å²) >= 11 is 0. The maximum Gasteiger partial charge on any atom is 0.254 e. The fourth-order valence-corrected chi connectivity index (χ4v) is 3.48. The van der Waals surface area contributed by atoms with E-state index in [1.807, 2.05) is 6.08 Å². The van der Waals surface area contributed by atoms with Crippen molar-refractivity contribution in [3.05, 3.63) is 48.0 Å². The minimum atomic E-state index is -0.0856. The fourth-order valence-electron chi connectivity index (χ4n) is 3.48. The average Bonchev–Trinajstić information content (AvgIpc) is 3.14. The molecule has 140 valence electrons. The minimum absolute atomic E-state index is 0.00600. The molecule has 0 radical (unpaired) electrons. The van der Waals surface area contributed by atoms with Crippen LogP contribution in [-0.2, 0) is 4.74 Å². The van der Waals surface area contributed by atoms with Crippen molar-refractivity contribution < 1.29 is 14.3 Å². The van der Waals surface area contributed by atoms with E-state index in [9.17, 15) is 9.59 Å². The molecule has 1 aromatic rings. The first kappa shape index (κ1) is 18.6. The molecular weight excluding hydrogens is 330 g/mol. The Morgan fingerprint density at radius 1 is 1.15 bits per heavy atom. The van der Waals surface area contributed by atoms with Crippen LogP contribution >= 0.6 is 0 Å². The Morgan fingerprint density at radius 3 is 2.54 bits per heavy atom. The molecule has 6 heteroatoms. The zero-order valence-electron chi connectivity index (χ0n) is 15.2. The van der Waals surface area contributed by atoms with E-state index in [4.69, 9.17) is 4.74 Å². The number of amides is 2. The van der Waals surface area contributed by atoms with Crippen molar-refractivity contribution in [1.29, 1.82) is 0 Å². The molecule has 2 aliphatic rings. The van der Waals surface area contributed by atoms with Gasteiger partial charge in [-0.15, -0.1) is 6.58 Å². The van der Waals surface area contributed by atoms with Gasteiger partial charge in [0.1, 0.15) is 0 Å². The molecule has 0 aromatic heterocycles. The number of ether oxygens (including phenoxy) is 1. The Labute approximate surface area is 154 Å². The average molecular weight is 357 g/mol. The molecule has 2 saturated heterocycles. The highest BCUT2D eigenvalue weighted by Gasteiger charge is 2.22. The molecular formula is C20H27N3O3. The van der Waals surface area contributed by atoms with E-state index < -0.39 is 0 Å². The van der Waals surface area contributed by atoms with Gasteiger partial charge in [0, 0.05) is 43.9 Å². The summed E-state index contributed by atoms with van der Waals surface area (Å²) in [6.07, 6.45) is 3.02. The highest BCUT2D eigenvalue weighted by Crippen LogP contribution is 2.15. The molecule has 6 nitrogen and oxygen atoms in total. The third-order valence-electron chi connectivity index (χ3n) is 5.00. The molecule has 2 aliphatic heterocycles. The number of likely N-dealkylation sites (tertiary alicyclic amines) is 1. The Balaban J connectivity index is 1.49. The summed E-state index contributed by atoms with van der Waals surface area (Å²) in [4.78, 5) is 28.9. The normalized spacial score (nSPS) is 20.8. The number of carbonyl (C=O) groups is 2. The number of benzene rings is 1. The third kappa shape index (κ3) is 4.71. The number of hydrogen-bond donors (Lipinski definition) is 1. The van der Waals surface area contributed by atoms with Gasteiger partial charge >= 0.3 is 0 Å². The number of nitrogens with zero attached hydrogens (tertiary/aromatic N) is 2. The number of hydrogen-bond acceptors (Lipinski definition) is 4. The topological polar surface area (TPSA) is 61.9 Å². The van der Waals surface area contributed by atoms with Crippen LogP contribution in [0.3, 0.4) is 0 Å². The highest BCUT2D eigenvalue weighted by atomic mass is 16.5. The lowest BCUT2D eigenvalue weighted by atomic mass is 10.1. The fraction of sp³-hybridized carbons (Fsp3) is 0.500. The molecule has 0 bridgehead atoms. The van der Waals surface area contributed by atoms with Crippen LogP contribution in [0.1, 0.15) is 27.1 Å². The van der Waals surface area contributed by atoms with E-state index in [0.717, 1.165) is 26.1 Å². The van der Waals surface area contributed by atoms with Crippen LogP contribution in [0, 0.1) is 5.92 Å². The van der Waals surface area contributed by atoms with Gasteiger partial charge in [-0.1, -0.05) is 6.08 Å². The second-order valence-corrected chi connectivity index (χ2v) is 6.89. The van der Waals surface area contributed by atoms with Gasteiger partial charge < -0.3 is 15.0 Å². The molecule has 0 spiro atoms. The van der Waals surface area contributed by atoms with E-state index in [2.05, 4.69) is 16.8 Å². The Kier molecular flexibility index (Phi) is 6.41. The molecule has 26 heavy (non-hydrogen) atoms. The van der Waals surface area contributed by atoms with Gasteiger partial charge in [-0.2, -0.15) is 0 Å². The molecule has 2 heterocycles. The van der Waals surface area contributed by atoms with Crippen molar-refractivity contribution >= 4 is 11.8 Å². The quantitative estimate of drug-likeness (QED) is 0.782. The first-order valence-corrected chi connectivity index (χ1v) is 9.26. The van der Waals surface area contributed by atoms with Gasteiger partial charge in [-0.3, -0.25) is 14.5 Å². The largest absolute Gasteiger partial charge is 0.378 e. The van der Waals surface area contributed by atoms with Crippen LogP contribution in [0.25, 0.3) is 0 Å². The van der Waals surface area contributed by atoms with Gasteiger partial charge in [0.25, 0.3) is 11.8 Å². The summed E-state index contributed by atoms with van der Waals surface area (Å²) in [5.41, 5.74) is 1.20. The lowest BCUT2D eigenvalue weighted by molar-refractivity contribution is 0.0303. The standard InChI is InChI=1S/C20H27N3O3/c1-2-8-22-9-7-16(15-22)14-21-19(24)17-3-5-18(6-4-17)20(25)23-10-12-26-13-11-23/h2-6,16H,1,7-15H2,(H,21,24)/t16-/m1/s1. The molecule has 1 aromatic carbocycles. The Morgan fingerprint density at radius 2 is 1.85 bits per heavy atom. The first-order valence-electron chi connectivity index (χ1n) is 9.26. The van der Waals surface area contributed by atoms with Crippen LogP contribution in [0.5, 0.6) is 0 Å². The van der Waals surface area contributed by atoms with Crippen molar-refractivity contribution in [2.45, 2.75) is 6.42 Å². The van der Waals surface area contributed by atoms with E-state index in [-0.39, 0.29) is 11.8 Å². The van der Waals surface area contributed by atoms with Gasteiger partial charge in [0.05, 0.1) is 13.2 Å². The summed E-state index contributed by atoms with van der Waals surface area (Å²) in [7, 11) is 0. The molecule has 2 amide bonds. The molecule has 1 atom stereocenters. The number of carbonyl (C=O) groups excluding carboxylic acids is 2. The van der Waals surface area contributed by atoms with Gasteiger partial charge in [-0.25, -0.2) is 0 Å². The van der Waals surface area contributed by atoms with E-state index in [1.165, 1.54) is 0 Å². The number of nitrogens with one attached hydrogen (secondary N) is 1. The summed E-state index contributed by atoms with van der Waals surface area (Å²) in [5.74, 6) is 0.395. The van der Waals surface area contributed by atoms with Crippen LogP contribution in [-0.4, -0.2) is 74.1 Å². The predicted octanol–water partition coefficient (Wildman–Crippen LogP) is 1.40. The lowest BCUT2D eigenvalue weighted by Crippen LogP contribution is -2.40. The molecule has 2 fully saturated rings. The Hall–Kier alpha value is -2.18. The van der Waals surface area contributed by atoms with Gasteiger partial charge in [-0.05, 0) is 43.1 Å².